The van der Waals surface area contributed by atoms with Crippen molar-refractivity contribution in [1.29, 1.82) is 0 Å². The average molecular weight is 124 g/mol. The van der Waals surface area contributed by atoms with Crippen LogP contribution in [0.2, 0.25) is 0 Å². The first kappa shape index (κ1) is 5.48. The van der Waals surface area contributed by atoms with Gasteiger partial charge in [-0.2, -0.15) is 0 Å². The second-order valence-corrected chi connectivity index (χ2v) is 2.96. The fourth-order valence-corrected chi connectivity index (χ4v) is 1.67. The van der Waals surface area contributed by atoms with Crippen LogP contribution in [0.15, 0.2) is 12.2 Å². The van der Waals surface area contributed by atoms with Crippen LogP contribution in [0, 0.1) is 5.92 Å². The van der Waals surface area contributed by atoms with Gasteiger partial charge in [-0.3, -0.25) is 0 Å². The Bertz CT molecular complexity index is 129. The Labute approximate surface area is 55.7 Å². The highest BCUT2D eigenvalue weighted by Crippen LogP contribution is 2.27. The second-order valence-electron chi connectivity index (χ2n) is 2.96. The van der Waals surface area contributed by atoms with Gasteiger partial charge in [-0.25, -0.2) is 0 Å². The minimum atomic E-state index is 0.470. The third-order valence-electron chi connectivity index (χ3n) is 2.24. The van der Waals surface area contributed by atoms with Gasteiger partial charge >= 0.3 is 0 Å². The molecule has 2 atom stereocenters. The molecule has 1 aliphatic carbocycles. The third-order valence-corrected chi connectivity index (χ3v) is 2.24. The van der Waals surface area contributed by atoms with E-state index in [1.807, 2.05) is 0 Å². The highest BCUT2D eigenvalue weighted by molar-refractivity contribution is 4.98. The molecule has 2 aliphatic rings. The SMILES string of the molecule is C1=CC2CC(C1)CCO2. The van der Waals surface area contributed by atoms with E-state index in [0.29, 0.717) is 6.10 Å². The standard InChI is InChI=1S/C8H12O/c1-2-7-4-5-9-8(3-1)6-7/h1,3,7-8H,2,4-6H2. The highest BCUT2D eigenvalue weighted by Gasteiger charge is 2.22. The van der Waals surface area contributed by atoms with E-state index < -0.39 is 0 Å². The molecule has 2 unspecified atom stereocenters. The molecule has 1 fully saturated rings. The van der Waals surface area contributed by atoms with Gasteiger partial charge < -0.3 is 4.74 Å². The van der Waals surface area contributed by atoms with Crippen molar-refractivity contribution in [3.05, 3.63) is 12.2 Å². The Kier molecular flexibility index (Phi) is 1.31. The van der Waals surface area contributed by atoms with Crippen LogP contribution < -0.4 is 0 Å². The van der Waals surface area contributed by atoms with Crippen LogP contribution >= 0.6 is 0 Å². The van der Waals surface area contributed by atoms with Gasteiger partial charge in [0.2, 0.25) is 0 Å². The van der Waals surface area contributed by atoms with Gasteiger partial charge in [-0.15, -0.1) is 0 Å². The van der Waals surface area contributed by atoms with E-state index in [0.717, 1.165) is 12.5 Å². The largest absolute Gasteiger partial charge is 0.374 e. The van der Waals surface area contributed by atoms with Crippen molar-refractivity contribution < 1.29 is 4.74 Å². The zero-order valence-electron chi connectivity index (χ0n) is 5.55. The Morgan fingerprint density at radius 3 is 3.22 bits per heavy atom. The molecule has 9 heavy (non-hydrogen) atoms. The number of rotatable bonds is 0. The summed E-state index contributed by atoms with van der Waals surface area (Å²) < 4.78 is 5.46. The molecule has 1 nitrogen and oxygen atoms in total. The topological polar surface area (TPSA) is 9.23 Å². The number of hydrogen-bond acceptors (Lipinski definition) is 1. The summed E-state index contributed by atoms with van der Waals surface area (Å²) in [7, 11) is 0. The van der Waals surface area contributed by atoms with Crippen molar-refractivity contribution in [3.63, 3.8) is 0 Å². The lowest BCUT2D eigenvalue weighted by molar-refractivity contribution is 0.0144. The maximum Gasteiger partial charge on any atom is 0.0758 e. The van der Waals surface area contributed by atoms with Crippen molar-refractivity contribution in [2.45, 2.75) is 25.4 Å². The predicted octanol–water partition coefficient (Wildman–Crippen LogP) is 1.74. The predicted molar refractivity (Wildman–Crippen MR) is 36.2 cm³/mol. The molecular weight excluding hydrogens is 112 g/mol. The van der Waals surface area contributed by atoms with E-state index in [1.54, 1.807) is 0 Å². The van der Waals surface area contributed by atoms with Crippen LogP contribution in [-0.2, 0) is 4.74 Å². The van der Waals surface area contributed by atoms with Gasteiger partial charge in [0.25, 0.3) is 0 Å². The smallest absolute Gasteiger partial charge is 0.0758 e. The lowest BCUT2D eigenvalue weighted by Gasteiger charge is -2.30. The van der Waals surface area contributed by atoms with E-state index in [9.17, 15) is 0 Å². The van der Waals surface area contributed by atoms with Crippen molar-refractivity contribution >= 4 is 0 Å². The van der Waals surface area contributed by atoms with Crippen molar-refractivity contribution in [2.75, 3.05) is 6.61 Å². The Morgan fingerprint density at radius 2 is 2.44 bits per heavy atom. The van der Waals surface area contributed by atoms with E-state index in [4.69, 9.17) is 4.74 Å². The van der Waals surface area contributed by atoms with E-state index in [2.05, 4.69) is 12.2 Å². The quantitative estimate of drug-likeness (QED) is 0.447. The zero-order valence-corrected chi connectivity index (χ0v) is 5.55. The van der Waals surface area contributed by atoms with Gasteiger partial charge in [-0.05, 0) is 25.2 Å². The third kappa shape index (κ3) is 1.01. The van der Waals surface area contributed by atoms with E-state index in [-0.39, 0.29) is 0 Å². The summed E-state index contributed by atoms with van der Waals surface area (Å²) in [5.41, 5.74) is 0. The Hall–Kier alpha value is -0.300. The molecule has 0 aromatic carbocycles. The van der Waals surface area contributed by atoms with Crippen LogP contribution in [0.25, 0.3) is 0 Å². The zero-order chi connectivity index (χ0) is 6.10. The van der Waals surface area contributed by atoms with Gasteiger partial charge in [0, 0.05) is 6.61 Å². The molecule has 2 rings (SSSR count). The van der Waals surface area contributed by atoms with Crippen LogP contribution in [-0.4, -0.2) is 12.7 Å². The lowest BCUT2D eigenvalue weighted by atomic mass is 9.88. The van der Waals surface area contributed by atoms with Crippen LogP contribution in [0.1, 0.15) is 19.3 Å². The normalized spacial score (nSPS) is 40.9. The lowest BCUT2D eigenvalue weighted by Crippen LogP contribution is -2.26. The molecule has 0 spiro atoms. The molecule has 2 bridgehead atoms. The number of hydrogen-bond donors (Lipinski definition) is 0. The number of ether oxygens (including phenoxy) is 1. The fourth-order valence-electron chi connectivity index (χ4n) is 1.67. The first-order valence-electron chi connectivity index (χ1n) is 3.73. The monoisotopic (exact) mass is 124 g/mol. The maximum absolute atomic E-state index is 5.46. The number of fused-ring (bicyclic) bond motifs is 2. The summed E-state index contributed by atoms with van der Waals surface area (Å²) in [6, 6.07) is 0. The van der Waals surface area contributed by atoms with E-state index in [1.165, 1.54) is 19.3 Å². The molecule has 1 saturated heterocycles. The summed E-state index contributed by atoms with van der Waals surface area (Å²) in [5, 5.41) is 0. The maximum atomic E-state index is 5.46. The molecule has 1 aliphatic heterocycles. The first-order valence-corrected chi connectivity index (χ1v) is 3.73. The molecule has 1 heterocycles. The molecule has 0 amide bonds. The van der Waals surface area contributed by atoms with Gasteiger partial charge in [-0.1, -0.05) is 12.2 Å². The van der Waals surface area contributed by atoms with Crippen LogP contribution in [0.5, 0.6) is 0 Å². The summed E-state index contributed by atoms with van der Waals surface area (Å²) >= 11 is 0. The minimum absolute atomic E-state index is 0.470. The van der Waals surface area contributed by atoms with E-state index >= 15 is 0 Å². The number of allylic oxidation sites excluding steroid dienone is 1. The fraction of sp³-hybridized carbons (Fsp3) is 0.750. The summed E-state index contributed by atoms with van der Waals surface area (Å²) in [4.78, 5) is 0. The molecule has 0 aromatic heterocycles. The Balaban J connectivity index is 2.09. The van der Waals surface area contributed by atoms with Gasteiger partial charge in [0.1, 0.15) is 0 Å². The summed E-state index contributed by atoms with van der Waals surface area (Å²) in [6.07, 6.45) is 8.78. The highest BCUT2D eigenvalue weighted by atomic mass is 16.5. The molecule has 0 saturated carbocycles. The van der Waals surface area contributed by atoms with Crippen molar-refractivity contribution in [2.24, 2.45) is 5.92 Å². The second kappa shape index (κ2) is 2.14. The molecule has 1 heteroatoms. The molecule has 0 aromatic rings. The molecule has 50 valence electrons. The molecule has 0 N–H and O–H groups in total. The first-order chi connectivity index (χ1) is 4.45. The summed E-state index contributed by atoms with van der Waals surface area (Å²) in [5.74, 6) is 0.939. The average Bonchev–Trinajstić information content (AvgIpc) is 1.88. The van der Waals surface area contributed by atoms with Gasteiger partial charge in [0.05, 0.1) is 6.10 Å². The molecule has 0 radical (unpaired) electrons. The van der Waals surface area contributed by atoms with Crippen LogP contribution in [0.3, 0.4) is 0 Å². The van der Waals surface area contributed by atoms with Gasteiger partial charge in [0.15, 0.2) is 0 Å². The van der Waals surface area contributed by atoms with Crippen molar-refractivity contribution in [1.82, 2.24) is 0 Å². The van der Waals surface area contributed by atoms with Crippen LogP contribution in [0.4, 0.5) is 0 Å². The minimum Gasteiger partial charge on any atom is -0.374 e. The Morgan fingerprint density at radius 1 is 1.44 bits per heavy atom. The summed E-state index contributed by atoms with van der Waals surface area (Å²) in [6.45, 7) is 0.986. The molecular formula is C8H12O. The van der Waals surface area contributed by atoms with Crippen molar-refractivity contribution in [3.8, 4) is 0 Å².